The quantitative estimate of drug-likeness (QED) is 0.548. The van der Waals surface area contributed by atoms with Gasteiger partial charge in [0, 0.05) is 0 Å². The molecule has 1 atom stereocenters. The molecule has 0 saturated carbocycles. The number of thioether (sulfide) groups is 1. The number of hydrogen-bond acceptors (Lipinski definition) is 3. The number of ether oxygens (including phenoxy) is 1. The van der Waals surface area contributed by atoms with Crippen molar-refractivity contribution in [3.8, 4) is 0 Å². The van der Waals surface area contributed by atoms with Gasteiger partial charge in [-0.15, -0.1) is 0 Å². The summed E-state index contributed by atoms with van der Waals surface area (Å²) in [7, 11) is 1.76. The van der Waals surface area contributed by atoms with Crippen molar-refractivity contribution in [2.24, 2.45) is 0 Å². The summed E-state index contributed by atoms with van der Waals surface area (Å²) in [5.41, 5.74) is 0.875. The van der Waals surface area contributed by atoms with Crippen LogP contribution in [0.3, 0.4) is 0 Å². The Morgan fingerprint density at radius 1 is 1.45 bits per heavy atom. The molecule has 1 aromatic rings. The van der Waals surface area contributed by atoms with Crippen LogP contribution in [0.15, 0.2) is 30.3 Å². The van der Waals surface area contributed by atoms with E-state index in [9.17, 15) is 4.79 Å². The van der Waals surface area contributed by atoms with Crippen molar-refractivity contribution in [2.75, 3.05) is 38.1 Å². The molecule has 1 aliphatic rings. The van der Waals surface area contributed by atoms with Crippen molar-refractivity contribution >= 4 is 43.4 Å². The second-order valence-electron chi connectivity index (χ2n) is 4.75. The van der Waals surface area contributed by atoms with Gasteiger partial charge < -0.3 is 0 Å². The first-order valence-corrected chi connectivity index (χ1v) is 12.6. The summed E-state index contributed by atoms with van der Waals surface area (Å²) in [5.74, 6) is 0. The number of anilines is 1. The first-order valence-electron chi connectivity index (χ1n) is 6.76. The van der Waals surface area contributed by atoms with Gasteiger partial charge in [-0.1, -0.05) is 0 Å². The van der Waals surface area contributed by atoms with Gasteiger partial charge >= 0.3 is 133 Å². The van der Waals surface area contributed by atoms with E-state index in [2.05, 4.69) is 6.26 Å². The van der Waals surface area contributed by atoms with E-state index in [0.29, 0.717) is 6.61 Å². The Balaban J connectivity index is 1.70. The predicted octanol–water partition coefficient (Wildman–Crippen LogP) is 3.90. The van der Waals surface area contributed by atoms with Gasteiger partial charge in [0.15, 0.2) is 0 Å². The Hall–Kier alpha value is -0.430. The van der Waals surface area contributed by atoms with Crippen LogP contribution >= 0.6 is 31.6 Å². The zero-order valence-electron chi connectivity index (χ0n) is 12.0. The van der Waals surface area contributed by atoms with Crippen LogP contribution in [0, 0.1) is 0 Å². The first-order chi connectivity index (χ1) is 9.70. The fraction of sp³-hybridized carbons (Fsp3) is 0.533. The van der Waals surface area contributed by atoms with Crippen LogP contribution in [0.1, 0.15) is 6.42 Å². The van der Waals surface area contributed by atoms with E-state index in [1.54, 1.807) is 11.9 Å². The monoisotopic (exact) mass is 407 g/mol. The predicted molar refractivity (Wildman–Crippen MR) is 96.7 cm³/mol. The number of amides is 1. The van der Waals surface area contributed by atoms with Crippen LogP contribution in [0.2, 0.25) is 0 Å². The van der Waals surface area contributed by atoms with Crippen LogP contribution in [0.5, 0.6) is 0 Å². The molecular weight excluding hydrogens is 385 g/mol. The Morgan fingerprint density at radius 2 is 2.20 bits per heavy atom. The Bertz CT molecular complexity index is 429. The fourth-order valence-corrected chi connectivity index (χ4v) is 11.0. The molecule has 1 heterocycles. The molecule has 1 saturated heterocycles. The van der Waals surface area contributed by atoms with Crippen LogP contribution in [0.25, 0.3) is 0 Å². The summed E-state index contributed by atoms with van der Waals surface area (Å²) in [6.45, 7) is 0.599. The first kappa shape index (κ1) is 15.9. The number of hydrogen-bond donors (Lipinski definition) is 0. The zero-order chi connectivity index (χ0) is 14.4. The third-order valence-corrected chi connectivity index (χ3v) is 11.5. The number of para-hydroxylation sites is 1. The van der Waals surface area contributed by atoms with Gasteiger partial charge in [-0.3, -0.25) is 0 Å². The summed E-state index contributed by atoms with van der Waals surface area (Å²) < 4.78 is 9.42. The molecule has 0 N–H and O–H groups in total. The second kappa shape index (κ2) is 8.12. The molecule has 1 amide bonds. The van der Waals surface area contributed by atoms with Gasteiger partial charge in [0.05, 0.1) is 0 Å². The van der Waals surface area contributed by atoms with Crippen LogP contribution in [-0.4, -0.2) is 44.5 Å². The van der Waals surface area contributed by atoms with Crippen molar-refractivity contribution in [3.63, 3.8) is 0 Å². The Labute approximate surface area is 132 Å². The normalized spacial score (nSPS) is 19.9. The van der Waals surface area contributed by atoms with E-state index in [4.69, 9.17) is 4.74 Å². The SMILES string of the molecule is CSC1CCI(CCOC(=O)N(C)c2ccccc2)C1. The molecule has 112 valence electrons. The van der Waals surface area contributed by atoms with E-state index >= 15 is 0 Å². The standard InChI is InChI=1S/C15H22INO2S/c1-17(13-6-4-3-5-7-13)15(18)19-11-10-16-9-8-14(12-16)20-2/h3-7,14H,8-12H2,1-2H3. The van der Waals surface area contributed by atoms with Crippen molar-refractivity contribution < 1.29 is 9.53 Å². The summed E-state index contributed by atoms with van der Waals surface area (Å²) in [6.07, 6.45) is 3.34. The molecule has 1 aliphatic heterocycles. The van der Waals surface area contributed by atoms with Crippen molar-refractivity contribution in [2.45, 2.75) is 11.7 Å². The topological polar surface area (TPSA) is 29.5 Å². The molecule has 0 aliphatic carbocycles. The van der Waals surface area contributed by atoms with Gasteiger partial charge in [-0.25, -0.2) is 0 Å². The molecule has 3 nitrogen and oxygen atoms in total. The van der Waals surface area contributed by atoms with E-state index in [1.165, 1.54) is 15.3 Å². The third kappa shape index (κ3) is 4.55. The van der Waals surface area contributed by atoms with Gasteiger partial charge in [-0.2, -0.15) is 0 Å². The summed E-state index contributed by atoms with van der Waals surface area (Å²) in [5, 5.41) is 0.878. The number of carbonyl (C=O) groups excluding carboxylic acids is 1. The molecule has 5 heteroatoms. The number of benzene rings is 1. The number of alkyl halides is 3. The summed E-state index contributed by atoms with van der Waals surface area (Å²) >= 11 is 1.19. The molecule has 1 unspecified atom stereocenters. The molecule has 2 rings (SSSR count). The van der Waals surface area contributed by atoms with Crippen molar-refractivity contribution in [1.29, 1.82) is 0 Å². The minimum absolute atomic E-state index is 0.243. The van der Waals surface area contributed by atoms with Gasteiger partial charge in [0.25, 0.3) is 0 Å². The molecule has 20 heavy (non-hydrogen) atoms. The fourth-order valence-electron chi connectivity index (χ4n) is 2.12. The molecule has 0 radical (unpaired) electrons. The van der Waals surface area contributed by atoms with E-state index in [-0.39, 0.29) is 6.09 Å². The average Bonchev–Trinajstić information content (AvgIpc) is 2.95. The van der Waals surface area contributed by atoms with E-state index < -0.39 is 19.8 Å². The molecular formula is C15H22INO2S. The van der Waals surface area contributed by atoms with E-state index in [0.717, 1.165) is 15.4 Å². The molecule has 0 aromatic heterocycles. The summed E-state index contributed by atoms with van der Waals surface area (Å²) in [6, 6.07) is 9.62. The van der Waals surface area contributed by atoms with Gasteiger partial charge in [0.2, 0.25) is 0 Å². The van der Waals surface area contributed by atoms with Gasteiger partial charge in [0.1, 0.15) is 0 Å². The minimum atomic E-state index is -0.811. The second-order valence-corrected chi connectivity index (χ2v) is 12.2. The number of nitrogens with zero attached hydrogens (tertiary/aromatic N) is 1. The van der Waals surface area contributed by atoms with Crippen molar-refractivity contribution in [1.82, 2.24) is 0 Å². The Morgan fingerprint density at radius 3 is 2.85 bits per heavy atom. The molecule has 0 spiro atoms. The average molecular weight is 407 g/mol. The number of halogens is 1. The molecule has 1 fully saturated rings. The van der Waals surface area contributed by atoms with Crippen molar-refractivity contribution in [3.05, 3.63) is 30.3 Å². The Kier molecular flexibility index (Phi) is 6.48. The maximum atomic E-state index is 12.0. The third-order valence-electron chi connectivity index (χ3n) is 3.41. The van der Waals surface area contributed by atoms with Crippen LogP contribution in [0.4, 0.5) is 10.5 Å². The van der Waals surface area contributed by atoms with E-state index in [1.807, 2.05) is 42.1 Å². The molecule has 0 bridgehead atoms. The van der Waals surface area contributed by atoms with Gasteiger partial charge in [-0.05, 0) is 0 Å². The van der Waals surface area contributed by atoms with Crippen LogP contribution in [-0.2, 0) is 4.74 Å². The number of rotatable bonds is 5. The molecule has 1 aromatic carbocycles. The summed E-state index contributed by atoms with van der Waals surface area (Å²) in [4.78, 5) is 13.5. The maximum absolute atomic E-state index is 12.0. The number of carbonyl (C=O) groups is 1. The van der Waals surface area contributed by atoms with Crippen LogP contribution < -0.4 is 4.90 Å². The zero-order valence-corrected chi connectivity index (χ0v) is 15.0.